The van der Waals surface area contributed by atoms with Crippen LogP contribution in [-0.4, -0.2) is 36.8 Å². The SMILES string of the molecule is CCNC(=NCC1(CO)CC1)NC(C)CCc1ccccc1. The van der Waals surface area contributed by atoms with Crippen molar-refractivity contribution in [3.05, 3.63) is 35.9 Å². The van der Waals surface area contributed by atoms with Gasteiger partial charge in [-0.15, -0.1) is 0 Å². The first-order valence-electron chi connectivity index (χ1n) is 8.37. The molecule has 0 bridgehead atoms. The number of aliphatic hydroxyl groups is 1. The number of guanidine groups is 1. The first-order valence-corrected chi connectivity index (χ1v) is 8.37. The van der Waals surface area contributed by atoms with Crippen LogP contribution in [0.3, 0.4) is 0 Å². The van der Waals surface area contributed by atoms with Crippen molar-refractivity contribution in [1.82, 2.24) is 10.6 Å². The van der Waals surface area contributed by atoms with Gasteiger partial charge in [0, 0.05) is 18.0 Å². The summed E-state index contributed by atoms with van der Waals surface area (Å²) in [4.78, 5) is 4.65. The molecule has 1 unspecified atom stereocenters. The smallest absolute Gasteiger partial charge is 0.191 e. The molecule has 0 saturated heterocycles. The van der Waals surface area contributed by atoms with E-state index in [1.54, 1.807) is 0 Å². The zero-order valence-corrected chi connectivity index (χ0v) is 13.8. The number of hydrogen-bond donors (Lipinski definition) is 3. The van der Waals surface area contributed by atoms with E-state index in [4.69, 9.17) is 0 Å². The molecule has 1 aliphatic rings. The zero-order chi connectivity index (χ0) is 15.8. The van der Waals surface area contributed by atoms with Gasteiger partial charge < -0.3 is 15.7 Å². The van der Waals surface area contributed by atoms with Gasteiger partial charge in [0.1, 0.15) is 0 Å². The Morgan fingerprint density at radius 2 is 2.05 bits per heavy atom. The van der Waals surface area contributed by atoms with E-state index >= 15 is 0 Å². The third-order valence-electron chi connectivity index (χ3n) is 4.30. The molecule has 0 aliphatic heterocycles. The van der Waals surface area contributed by atoms with Crippen LogP contribution in [0.15, 0.2) is 35.3 Å². The number of aliphatic hydroxyl groups excluding tert-OH is 1. The van der Waals surface area contributed by atoms with Gasteiger partial charge in [0.2, 0.25) is 0 Å². The minimum absolute atomic E-state index is 0.0651. The van der Waals surface area contributed by atoms with Crippen molar-refractivity contribution in [3.8, 4) is 0 Å². The lowest BCUT2D eigenvalue weighted by Crippen LogP contribution is -2.42. The van der Waals surface area contributed by atoms with E-state index in [0.717, 1.165) is 38.2 Å². The van der Waals surface area contributed by atoms with Gasteiger partial charge in [-0.2, -0.15) is 0 Å². The number of nitrogens with zero attached hydrogens (tertiary/aromatic N) is 1. The highest BCUT2D eigenvalue weighted by atomic mass is 16.3. The molecule has 0 spiro atoms. The van der Waals surface area contributed by atoms with Crippen LogP contribution in [0, 0.1) is 5.41 Å². The number of nitrogens with one attached hydrogen (secondary N) is 2. The molecular weight excluding hydrogens is 274 g/mol. The zero-order valence-electron chi connectivity index (χ0n) is 13.8. The average Bonchev–Trinajstić information content (AvgIpc) is 3.32. The van der Waals surface area contributed by atoms with Crippen LogP contribution in [0.1, 0.15) is 38.7 Å². The average molecular weight is 303 g/mol. The van der Waals surface area contributed by atoms with Crippen molar-refractivity contribution < 1.29 is 5.11 Å². The van der Waals surface area contributed by atoms with Crippen molar-refractivity contribution in [3.63, 3.8) is 0 Å². The van der Waals surface area contributed by atoms with Crippen molar-refractivity contribution in [1.29, 1.82) is 0 Å². The van der Waals surface area contributed by atoms with Gasteiger partial charge in [-0.25, -0.2) is 0 Å². The molecule has 0 heterocycles. The molecule has 0 radical (unpaired) electrons. The van der Waals surface area contributed by atoms with Crippen LogP contribution in [0.5, 0.6) is 0 Å². The topological polar surface area (TPSA) is 56.7 Å². The molecule has 1 aromatic rings. The molecule has 0 amide bonds. The molecule has 1 aromatic carbocycles. The normalized spacial score (nSPS) is 17.9. The number of benzene rings is 1. The predicted octanol–water partition coefficient (Wildman–Crippen LogP) is 2.34. The minimum Gasteiger partial charge on any atom is -0.396 e. The summed E-state index contributed by atoms with van der Waals surface area (Å²) < 4.78 is 0. The van der Waals surface area contributed by atoms with Gasteiger partial charge in [0.05, 0.1) is 13.2 Å². The molecule has 122 valence electrons. The Labute approximate surface area is 134 Å². The summed E-state index contributed by atoms with van der Waals surface area (Å²) in [5.41, 5.74) is 1.44. The largest absolute Gasteiger partial charge is 0.396 e. The second-order valence-corrected chi connectivity index (χ2v) is 6.42. The van der Waals surface area contributed by atoms with Crippen molar-refractivity contribution in [2.75, 3.05) is 19.7 Å². The lowest BCUT2D eigenvalue weighted by Gasteiger charge is -2.19. The number of rotatable bonds is 8. The highest BCUT2D eigenvalue weighted by molar-refractivity contribution is 5.80. The molecule has 0 aromatic heterocycles. The highest BCUT2D eigenvalue weighted by Gasteiger charge is 2.41. The summed E-state index contributed by atoms with van der Waals surface area (Å²) in [6.45, 7) is 6.08. The Hall–Kier alpha value is -1.55. The molecule has 1 aliphatic carbocycles. The molecule has 22 heavy (non-hydrogen) atoms. The summed E-state index contributed by atoms with van der Waals surface area (Å²) in [5.74, 6) is 0.864. The Morgan fingerprint density at radius 1 is 1.32 bits per heavy atom. The maximum absolute atomic E-state index is 9.38. The monoisotopic (exact) mass is 303 g/mol. The van der Waals surface area contributed by atoms with Crippen LogP contribution in [0.2, 0.25) is 0 Å². The van der Waals surface area contributed by atoms with Crippen LogP contribution in [-0.2, 0) is 6.42 Å². The third-order valence-corrected chi connectivity index (χ3v) is 4.30. The van der Waals surface area contributed by atoms with Gasteiger partial charge in [-0.3, -0.25) is 4.99 Å². The number of aryl methyl sites for hydroxylation is 1. The number of hydrogen-bond acceptors (Lipinski definition) is 2. The Morgan fingerprint density at radius 3 is 2.64 bits per heavy atom. The van der Waals surface area contributed by atoms with Crippen LogP contribution in [0.4, 0.5) is 0 Å². The van der Waals surface area contributed by atoms with E-state index in [9.17, 15) is 5.11 Å². The number of aliphatic imine (C=N–C) groups is 1. The second kappa shape index (κ2) is 8.18. The van der Waals surface area contributed by atoms with Gasteiger partial charge >= 0.3 is 0 Å². The molecular formula is C18H29N3O. The van der Waals surface area contributed by atoms with Crippen molar-refractivity contribution in [2.24, 2.45) is 10.4 Å². The first-order chi connectivity index (χ1) is 10.7. The van der Waals surface area contributed by atoms with E-state index in [1.807, 2.05) is 0 Å². The fourth-order valence-corrected chi connectivity index (χ4v) is 2.44. The lowest BCUT2D eigenvalue weighted by atomic mass is 10.1. The van der Waals surface area contributed by atoms with Crippen LogP contribution in [0.25, 0.3) is 0 Å². The summed E-state index contributed by atoms with van der Waals surface area (Å²) in [5, 5.41) is 16.1. The predicted molar refractivity (Wildman–Crippen MR) is 92.1 cm³/mol. The summed E-state index contributed by atoms with van der Waals surface area (Å²) >= 11 is 0. The first kappa shape index (κ1) is 16.8. The molecule has 1 atom stereocenters. The second-order valence-electron chi connectivity index (χ2n) is 6.42. The molecule has 1 saturated carbocycles. The molecule has 4 heteroatoms. The van der Waals surface area contributed by atoms with Crippen molar-refractivity contribution in [2.45, 2.75) is 45.6 Å². The van der Waals surface area contributed by atoms with Crippen LogP contribution >= 0.6 is 0 Å². The lowest BCUT2D eigenvalue weighted by molar-refractivity contribution is 0.217. The third kappa shape index (κ3) is 5.34. The fourth-order valence-electron chi connectivity index (χ4n) is 2.44. The minimum atomic E-state index is 0.0651. The fraction of sp³-hybridized carbons (Fsp3) is 0.611. The van der Waals surface area contributed by atoms with Gasteiger partial charge in [-0.1, -0.05) is 30.3 Å². The van der Waals surface area contributed by atoms with E-state index in [0.29, 0.717) is 12.6 Å². The molecule has 4 nitrogen and oxygen atoms in total. The summed E-state index contributed by atoms with van der Waals surface area (Å²) in [7, 11) is 0. The van der Waals surface area contributed by atoms with E-state index < -0.39 is 0 Å². The van der Waals surface area contributed by atoms with Gasteiger partial charge in [0.25, 0.3) is 0 Å². The quantitative estimate of drug-likeness (QED) is 0.510. The van der Waals surface area contributed by atoms with Crippen LogP contribution < -0.4 is 10.6 Å². The standard InChI is InChI=1S/C18H29N3O/c1-3-19-17(20-13-18(14-22)11-12-18)21-15(2)9-10-16-7-5-4-6-8-16/h4-8,15,22H,3,9-14H2,1-2H3,(H2,19,20,21). The Bertz CT molecular complexity index is 468. The van der Waals surface area contributed by atoms with Crippen molar-refractivity contribution >= 4 is 5.96 Å². The van der Waals surface area contributed by atoms with Gasteiger partial charge in [0.15, 0.2) is 5.96 Å². The molecule has 3 N–H and O–H groups in total. The van der Waals surface area contributed by atoms with E-state index in [1.165, 1.54) is 5.56 Å². The van der Waals surface area contributed by atoms with E-state index in [2.05, 4.69) is 59.8 Å². The Kier molecular flexibility index (Phi) is 6.25. The highest BCUT2D eigenvalue weighted by Crippen LogP contribution is 2.45. The maximum atomic E-state index is 9.38. The van der Waals surface area contributed by atoms with E-state index in [-0.39, 0.29) is 12.0 Å². The molecule has 2 rings (SSSR count). The Balaban J connectivity index is 1.80. The van der Waals surface area contributed by atoms with Gasteiger partial charge in [-0.05, 0) is 45.1 Å². The summed E-state index contributed by atoms with van der Waals surface area (Å²) in [6, 6.07) is 10.9. The summed E-state index contributed by atoms with van der Waals surface area (Å²) in [6.07, 6.45) is 4.32. The molecule has 1 fully saturated rings. The maximum Gasteiger partial charge on any atom is 0.191 e.